The van der Waals surface area contributed by atoms with Crippen LogP contribution in [0.5, 0.6) is 5.75 Å². The minimum absolute atomic E-state index is 0.136. The van der Waals surface area contributed by atoms with Gasteiger partial charge in [-0.05, 0) is 79.1 Å². The number of ether oxygens (including phenoxy) is 1. The van der Waals surface area contributed by atoms with Gasteiger partial charge in [0.15, 0.2) is 6.10 Å². The summed E-state index contributed by atoms with van der Waals surface area (Å²) in [5.41, 5.74) is 1.17. The number of carbonyl (C=O) groups is 1. The molecule has 2 fully saturated rings. The van der Waals surface area contributed by atoms with Crippen molar-refractivity contribution in [3.05, 3.63) is 28.2 Å². The quantitative estimate of drug-likeness (QED) is 0.777. The molecule has 21 heavy (non-hydrogen) atoms. The molecule has 0 bridgehead atoms. The Morgan fingerprint density at radius 1 is 1.38 bits per heavy atom. The third kappa shape index (κ3) is 3.79. The first-order valence-electron chi connectivity index (χ1n) is 7.78. The van der Waals surface area contributed by atoms with Crippen LogP contribution in [0.25, 0.3) is 0 Å². The van der Waals surface area contributed by atoms with Gasteiger partial charge in [-0.1, -0.05) is 6.07 Å². The van der Waals surface area contributed by atoms with Gasteiger partial charge in [0.05, 0.1) is 4.47 Å². The first-order chi connectivity index (χ1) is 10.0. The average molecular weight is 352 g/mol. The van der Waals surface area contributed by atoms with E-state index < -0.39 is 6.10 Å². The first-order valence-corrected chi connectivity index (χ1v) is 8.57. The zero-order valence-corrected chi connectivity index (χ0v) is 14.2. The van der Waals surface area contributed by atoms with E-state index >= 15 is 0 Å². The van der Waals surface area contributed by atoms with E-state index in [-0.39, 0.29) is 5.91 Å². The highest BCUT2D eigenvalue weighted by Gasteiger charge is 2.38. The van der Waals surface area contributed by atoms with Crippen LogP contribution >= 0.6 is 15.9 Å². The average Bonchev–Trinajstić information content (AvgIpc) is 3.31. The van der Waals surface area contributed by atoms with E-state index in [0.717, 1.165) is 35.5 Å². The molecule has 0 N–H and O–H groups in total. The lowest BCUT2D eigenvalue weighted by Crippen LogP contribution is -2.43. The predicted molar refractivity (Wildman–Crippen MR) is 86.4 cm³/mol. The smallest absolute Gasteiger partial charge is 0.263 e. The van der Waals surface area contributed by atoms with Gasteiger partial charge in [0.2, 0.25) is 0 Å². The highest BCUT2D eigenvalue weighted by atomic mass is 79.9. The lowest BCUT2D eigenvalue weighted by Gasteiger charge is -2.26. The monoisotopic (exact) mass is 351 g/mol. The molecule has 1 aromatic carbocycles. The van der Waals surface area contributed by atoms with Crippen molar-refractivity contribution in [2.75, 3.05) is 6.54 Å². The van der Waals surface area contributed by atoms with Crippen molar-refractivity contribution in [3.63, 3.8) is 0 Å². The summed E-state index contributed by atoms with van der Waals surface area (Å²) in [5, 5.41) is 0. The molecule has 0 radical (unpaired) electrons. The Hall–Kier alpha value is -1.03. The molecule has 0 heterocycles. The van der Waals surface area contributed by atoms with Crippen molar-refractivity contribution >= 4 is 21.8 Å². The van der Waals surface area contributed by atoms with Crippen LogP contribution in [0.4, 0.5) is 0 Å². The van der Waals surface area contributed by atoms with Crippen LogP contribution in [0.1, 0.15) is 38.2 Å². The molecule has 0 aliphatic heterocycles. The van der Waals surface area contributed by atoms with E-state index in [1.165, 1.54) is 18.4 Å². The van der Waals surface area contributed by atoms with Crippen molar-refractivity contribution in [2.24, 2.45) is 5.92 Å². The molecule has 1 unspecified atom stereocenters. The lowest BCUT2D eigenvalue weighted by molar-refractivity contribution is -0.138. The fraction of sp³-hybridized carbons (Fsp3) is 0.588. The fourth-order valence-electron chi connectivity index (χ4n) is 2.56. The standard InChI is InChI=1S/C17H22BrNO2/c1-11-3-8-16(15(18)9-11)21-12(2)17(20)19(14-6-7-14)10-13-4-5-13/h3,8-9,12-14H,4-7,10H2,1-2H3. The van der Waals surface area contributed by atoms with E-state index in [0.29, 0.717) is 6.04 Å². The SMILES string of the molecule is Cc1ccc(OC(C)C(=O)N(CC2CC2)C2CC2)c(Br)c1. The Kier molecular flexibility index (Phi) is 4.25. The number of rotatable bonds is 6. The van der Waals surface area contributed by atoms with Crippen LogP contribution in [-0.2, 0) is 4.79 Å². The topological polar surface area (TPSA) is 29.5 Å². The Balaban J connectivity index is 1.65. The second kappa shape index (κ2) is 5.99. The number of benzene rings is 1. The Labute approximate surface area is 134 Å². The molecule has 1 amide bonds. The molecular formula is C17H22BrNO2. The molecular weight excluding hydrogens is 330 g/mol. The summed E-state index contributed by atoms with van der Waals surface area (Å²) < 4.78 is 6.79. The van der Waals surface area contributed by atoms with Crippen LogP contribution in [0.3, 0.4) is 0 Å². The van der Waals surface area contributed by atoms with Gasteiger partial charge in [0.25, 0.3) is 5.91 Å². The summed E-state index contributed by atoms with van der Waals surface area (Å²) in [6.07, 6.45) is 4.42. The zero-order valence-electron chi connectivity index (χ0n) is 12.6. The van der Waals surface area contributed by atoms with Gasteiger partial charge < -0.3 is 9.64 Å². The van der Waals surface area contributed by atoms with Crippen LogP contribution < -0.4 is 4.74 Å². The van der Waals surface area contributed by atoms with Crippen molar-refractivity contribution in [1.29, 1.82) is 0 Å². The lowest BCUT2D eigenvalue weighted by atomic mass is 10.2. The largest absolute Gasteiger partial charge is 0.480 e. The van der Waals surface area contributed by atoms with Crippen molar-refractivity contribution < 1.29 is 9.53 Å². The normalized spacial score (nSPS) is 19.2. The van der Waals surface area contributed by atoms with Crippen LogP contribution in [0, 0.1) is 12.8 Å². The van der Waals surface area contributed by atoms with E-state index in [1.807, 2.05) is 32.0 Å². The maximum absolute atomic E-state index is 12.7. The number of nitrogens with zero attached hydrogens (tertiary/aromatic N) is 1. The van der Waals surface area contributed by atoms with Crippen molar-refractivity contribution in [2.45, 2.75) is 51.7 Å². The zero-order chi connectivity index (χ0) is 15.0. The van der Waals surface area contributed by atoms with Gasteiger partial charge in [-0.3, -0.25) is 4.79 Å². The first kappa shape index (κ1) is 14.9. The molecule has 1 aromatic rings. The highest BCUT2D eigenvalue weighted by Crippen LogP contribution is 2.35. The van der Waals surface area contributed by atoms with Crippen molar-refractivity contribution in [3.8, 4) is 5.75 Å². The molecule has 0 saturated heterocycles. The number of amides is 1. The molecule has 3 rings (SSSR count). The summed E-state index contributed by atoms with van der Waals surface area (Å²) in [6, 6.07) is 6.40. The van der Waals surface area contributed by atoms with E-state index in [1.54, 1.807) is 0 Å². The number of hydrogen-bond acceptors (Lipinski definition) is 2. The molecule has 0 spiro atoms. The molecule has 4 heteroatoms. The van der Waals surface area contributed by atoms with Gasteiger partial charge in [-0.15, -0.1) is 0 Å². The van der Waals surface area contributed by atoms with Crippen LogP contribution in [-0.4, -0.2) is 29.5 Å². The minimum atomic E-state index is -0.427. The molecule has 0 aromatic heterocycles. The molecule has 114 valence electrons. The number of carbonyl (C=O) groups excluding carboxylic acids is 1. The molecule has 2 aliphatic carbocycles. The van der Waals surface area contributed by atoms with E-state index in [4.69, 9.17) is 4.74 Å². The second-order valence-electron chi connectivity index (χ2n) is 6.36. The van der Waals surface area contributed by atoms with Gasteiger partial charge >= 0.3 is 0 Å². The van der Waals surface area contributed by atoms with Crippen molar-refractivity contribution in [1.82, 2.24) is 4.90 Å². The number of hydrogen-bond donors (Lipinski definition) is 0. The number of aryl methyl sites for hydroxylation is 1. The summed E-state index contributed by atoms with van der Waals surface area (Å²) in [4.78, 5) is 14.7. The Morgan fingerprint density at radius 2 is 2.10 bits per heavy atom. The second-order valence-corrected chi connectivity index (χ2v) is 7.21. The molecule has 3 nitrogen and oxygen atoms in total. The molecule has 2 saturated carbocycles. The fourth-order valence-corrected chi connectivity index (χ4v) is 3.15. The Bertz CT molecular complexity index is 538. The maximum Gasteiger partial charge on any atom is 0.263 e. The van der Waals surface area contributed by atoms with Gasteiger partial charge in [0, 0.05) is 12.6 Å². The van der Waals surface area contributed by atoms with E-state index in [2.05, 4.69) is 20.8 Å². The Morgan fingerprint density at radius 3 is 2.67 bits per heavy atom. The number of halogens is 1. The third-order valence-electron chi connectivity index (χ3n) is 4.16. The molecule has 2 aliphatic rings. The van der Waals surface area contributed by atoms with Gasteiger partial charge in [-0.25, -0.2) is 0 Å². The van der Waals surface area contributed by atoms with Gasteiger partial charge in [0.1, 0.15) is 5.75 Å². The van der Waals surface area contributed by atoms with Crippen LogP contribution in [0.15, 0.2) is 22.7 Å². The summed E-state index contributed by atoms with van der Waals surface area (Å²) in [5.74, 6) is 1.60. The molecule has 1 atom stereocenters. The summed E-state index contributed by atoms with van der Waals surface area (Å²) in [7, 11) is 0. The van der Waals surface area contributed by atoms with Gasteiger partial charge in [-0.2, -0.15) is 0 Å². The summed E-state index contributed by atoms with van der Waals surface area (Å²) in [6.45, 7) is 4.82. The maximum atomic E-state index is 12.7. The third-order valence-corrected chi connectivity index (χ3v) is 4.78. The summed E-state index contributed by atoms with van der Waals surface area (Å²) >= 11 is 3.50. The predicted octanol–water partition coefficient (Wildman–Crippen LogP) is 3.93. The van der Waals surface area contributed by atoms with E-state index in [9.17, 15) is 4.79 Å². The minimum Gasteiger partial charge on any atom is -0.480 e. The highest BCUT2D eigenvalue weighted by molar-refractivity contribution is 9.10. The van der Waals surface area contributed by atoms with Crippen LogP contribution in [0.2, 0.25) is 0 Å².